The minimum Gasteiger partial charge on any atom is -0.507 e. The largest absolute Gasteiger partial charge is 0.507 e. The van der Waals surface area contributed by atoms with Crippen molar-refractivity contribution in [2.24, 2.45) is 0 Å². The molecule has 1 fully saturated rings. The standard InChI is InChI=1S/C32H32N2O8S/c1-6-13-41-23-12-9-19(16-24(23)39-7-2)26-25(27(35)20-10-11-22-21(15-20)14-17(4)42-22)28(36)30(37)34(26)32-33-18(5)29(43-32)31(38)40-8-3/h6,9-12,15-17,26,35H,1,7-8,13-14H2,2-5H3/b27-25+/t17-,26-/m1/s1. The van der Waals surface area contributed by atoms with Crippen molar-refractivity contribution in [3.63, 3.8) is 0 Å². The van der Waals surface area contributed by atoms with E-state index in [9.17, 15) is 19.5 Å². The molecular formula is C32H32N2O8S. The van der Waals surface area contributed by atoms with E-state index >= 15 is 0 Å². The van der Waals surface area contributed by atoms with Crippen molar-refractivity contribution in [3.05, 3.63) is 81.9 Å². The number of aliphatic hydroxyl groups excluding tert-OH is 1. The number of rotatable bonds is 10. The van der Waals surface area contributed by atoms with Gasteiger partial charge in [-0.3, -0.25) is 14.5 Å². The van der Waals surface area contributed by atoms with Gasteiger partial charge < -0.3 is 24.1 Å². The van der Waals surface area contributed by atoms with Crippen LogP contribution in [0.15, 0.2) is 54.6 Å². The van der Waals surface area contributed by atoms with Crippen LogP contribution in [-0.4, -0.2) is 53.7 Å². The second kappa shape index (κ2) is 12.3. The van der Waals surface area contributed by atoms with E-state index in [0.717, 1.165) is 16.9 Å². The van der Waals surface area contributed by atoms with Crippen molar-refractivity contribution < 1.29 is 38.4 Å². The maximum Gasteiger partial charge on any atom is 0.350 e. The first-order valence-corrected chi connectivity index (χ1v) is 14.8. The molecule has 2 aliphatic rings. The number of aromatic nitrogens is 1. The number of esters is 1. The molecule has 3 aromatic rings. The molecule has 1 aromatic heterocycles. The van der Waals surface area contributed by atoms with Crippen LogP contribution in [0.4, 0.5) is 5.13 Å². The van der Waals surface area contributed by atoms with Crippen molar-refractivity contribution in [3.8, 4) is 17.2 Å². The number of thiazole rings is 1. The fraction of sp³-hybridized carbons (Fsp3) is 0.312. The number of aryl methyl sites for hydroxylation is 1. The monoisotopic (exact) mass is 604 g/mol. The highest BCUT2D eigenvalue weighted by molar-refractivity contribution is 7.17. The first-order chi connectivity index (χ1) is 20.7. The van der Waals surface area contributed by atoms with E-state index in [2.05, 4.69) is 11.6 Å². The van der Waals surface area contributed by atoms with Crippen LogP contribution in [0.25, 0.3) is 5.76 Å². The third-order valence-corrected chi connectivity index (χ3v) is 8.14. The van der Waals surface area contributed by atoms with Gasteiger partial charge >= 0.3 is 11.9 Å². The predicted molar refractivity (Wildman–Crippen MR) is 161 cm³/mol. The Bertz CT molecular complexity index is 1640. The number of anilines is 1. The van der Waals surface area contributed by atoms with Gasteiger partial charge in [0.25, 0.3) is 5.78 Å². The average molecular weight is 605 g/mol. The van der Waals surface area contributed by atoms with Gasteiger partial charge in [-0.2, -0.15) is 0 Å². The van der Waals surface area contributed by atoms with Gasteiger partial charge in [0.1, 0.15) is 29.1 Å². The Morgan fingerprint density at radius 2 is 1.95 bits per heavy atom. The van der Waals surface area contributed by atoms with Crippen LogP contribution in [0.1, 0.15) is 58.9 Å². The molecule has 10 nitrogen and oxygen atoms in total. The van der Waals surface area contributed by atoms with Crippen LogP contribution in [0.2, 0.25) is 0 Å². The van der Waals surface area contributed by atoms with Crippen LogP contribution in [-0.2, 0) is 20.7 Å². The van der Waals surface area contributed by atoms with E-state index in [0.29, 0.717) is 47.1 Å². The molecule has 0 saturated carbocycles. The summed E-state index contributed by atoms with van der Waals surface area (Å²) in [6, 6.07) is 9.12. The molecule has 224 valence electrons. The molecule has 5 rings (SSSR count). The van der Waals surface area contributed by atoms with Crippen molar-refractivity contribution in [1.82, 2.24) is 4.98 Å². The Kier molecular flexibility index (Phi) is 8.54. The van der Waals surface area contributed by atoms with Crippen molar-refractivity contribution in [1.29, 1.82) is 0 Å². The molecule has 1 N–H and O–H groups in total. The highest BCUT2D eigenvalue weighted by Gasteiger charge is 2.49. The molecule has 0 spiro atoms. The number of hydrogen-bond acceptors (Lipinski definition) is 10. The molecule has 0 bridgehead atoms. The molecule has 1 saturated heterocycles. The fourth-order valence-electron chi connectivity index (χ4n) is 5.17. The second-order valence-electron chi connectivity index (χ2n) is 9.99. The van der Waals surface area contributed by atoms with Gasteiger partial charge in [0.2, 0.25) is 0 Å². The highest BCUT2D eigenvalue weighted by Crippen LogP contribution is 2.46. The number of aliphatic hydroxyl groups is 1. The van der Waals surface area contributed by atoms with Gasteiger partial charge in [0, 0.05) is 12.0 Å². The number of nitrogens with zero attached hydrogens (tertiary/aromatic N) is 2. The molecule has 0 radical (unpaired) electrons. The summed E-state index contributed by atoms with van der Waals surface area (Å²) in [7, 11) is 0. The molecular weight excluding hydrogens is 572 g/mol. The fourth-order valence-corrected chi connectivity index (χ4v) is 6.16. The Labute approximate surface area is 253 Å². The van der Waals surface area contributed by atoms with Gasteiger partial charge in [0.05, 0.1) is 30.5 Å². The molecule has 0 unspecified atom stereocenters. The number of carbonyl (C=O) groups excluding carboxylic acids is 3. The SMILES string of the molecule is C=CCOc1ccc([C@@H]2/C(=C(\O)c3ccc4c(c3)C[C@@H](C)O4)C(=O)C(=O)N2c2nc(C)c(C(=O)OCC)s2)cc1OCC. The Morgan fingerprint density at radius 1 is 1.16 bits per heavy atom. The molecule has 43 heavy (non-hydrogen) atoms. The van der Waals surface area contributed by atoms with Gasteiger partial charge in [-0.1, -0.05) is 30.1 Å². The molecule has 1 amide bonds. The summed E-state index contributed by atoms with van der Waals surface area (Å²) in [5, 5.41) is 11.8. The normalized spacial score (nSPS) is 18.7. The lowest BCUT2D eigenvalue weighted by molar-refractivity contribution is -0.132. The number of ketones is 1. The van der Waals surface area contributed by atoms with E-state index in [1.54, 1.807) is 56.3 Å². The lowest BCUT2D eigenvalue weighted by Crippen LogP contribution is -2.29. The Hall–Kier alpha value is -4.64. The van der Waals surface area contributed by atoms with Crippen LogP contribution in [0, 0.1) is 6.92 Å². The summed E-state index contributed by atoms with van der Waals surface area (Å²) < 4.78 is 22.5. The van der Waals surface area contributed by atoms with Gasteiger partial charge in [-0.05, 0) is 69.2 Å². The summed E-state index contributed by atoms with van der Waals surface area (Å²) in [6.45, 7) is 11.5. The van der Waals surface area contributed by atoms with Crippen molar-refractivity contribution in [2.45, 2.75) is 46.3 Å². The zero-order valence-electron chi connectivity index (χ0n) is 24.3. The van der Waals surface area contributed by atoms with Gasteiger partial charge in [-0.25, -0.2) is 9.78 Å². The van der Waals surface area contributed by atoms with Crippen LogP contribution in [0.3, 0.4) is 0 Å². The minimum atomic E-state index is -1.09. The zero-order chi connectivity index (χ0) is 30.8. The number of amides is 1. The topological polar surface area (TPSA) is 124 Å². The summed E-state index contributed by atoms with van der Waals surface area (Å²) >= 11 is 0.943. The van der Waals surface area contributed by atoms with Crippen LogP contribution in [0.5, 0.6) is 17.2 Å². The number of fused-ring (bicyclic) bond motifs is 1. The average Bonchev–Trinajstić information content (AvgIpc) is 3.63. The predicted octanol–water partition coefficient (Wildman–Crippen LogP) is 5.54. The van der Waals surface area contributed by atoms with Crippen molar-refractivity contribution >= 4 is 39.9 Å². The number of Topliss-reactive ketones (excluding diaryl/α,β-unsaturated/α-hetero) is 1. The van der Waals surface area contributed by atoms with E-state index in [-0.39, 0.29) is 40.7 Å². The maximum absolute atomic E-state index is 13.7. The maximum atomic E-state index is 13.7. The molecule has 2 aliphatic heterocycles. The summed E-state index contributed by atoms with van der Waals surface area (Å²) in [6.07, 6.45) is 2.23. The Morgan fingerprint density at radius 3 is 2.67 bits per heavy atom. The van der Waals surface area contributed by atoms with Crippen molar-refractivity contribution in [2.75, 3.05) is 24.7 Å². The Balaban J connectivity index is 1.69. The number of hydrogen-bond donors (Lipinski definition) is 1. The zero-order valence-corrected chi connectivity index (χ0v) is 25.2. The van der Waals surface area contributed by atoms with Crippen LogP contribution >= 0.6 is 11.3 Å². The van der Waals surface area contributed by atoms with E-state index in [4.69, 9.17) is 18.9 Å². The van der Waals surface area contributed by atoms with E-state index in [1.165, 1.54) is 4.90 Å². The molecule has 3 heterocycles. The molecule has 11 heteroatoms. The van der Waals surface area contributed by atoms with Gasteiger partial charge in [0.15, 0.2) is 16.6 Å². The number of benzene rings is 2. The smallest absolute Gasteiger partial charge is 0.350 e. The molecule has 2 atom stereocenters. The van der Waals surface area contributed by atoms with E-state index in [1.807, 2.05) is 13.8 Å². The molecule has 0 aliphatic carbocycles. The number of ether oxygens (including phenoxy) is 4. The lowest BCUT2D eigenvalue weighted by atomic mass is 9.94. The highest BCUT2D eigenvalue weighted by atomic mass is 32.1. The van der Waals surface area contributed by atoms with Gasteiger partial charge in [-0.15, -0.1) is 0 Å². The van der Waals surface area contributed by atoms with Crippen LogP contribution < -0.4 is 19.1 Å². The third kappa shape index (κ3) is 5.60. The third-order valence-electron chi connectivity index (χ3n) is 7.01. The molecule has 2 aromatic carbocycles. The first-order valence-electron chi connectivity index (χ1n) is 13.9. The van der Waals surface area contributed by atoms with E-state index < -0.39 is 23.7 Å². The second-order valence-corrected chi connectivity index (χ2v) is 11.0. The summed E-state index contributed by atoms with van der Waals surface area (Å²) in [5.41, 5.74) is 1.97. The quantitative estimate of drug-likeness (QED) is 0.104. The summed E-state index contributed by atoms with van der Waals surface area (Å²) in [5.74, 6) is -1.14. The number of carbonyl (C=O) groups is 3. The lowest BCUT2D eigenvalue weighted by Gasteiger charge is -2.24. The minimum absolute atomic E-state index is 0.0153. The summed E-state index contributed by atoms with van der Waals surface area (Å²) in [4.78, 5) is 45.9. The first kappa shape index (κ1) is 29.8.